The summed E-state index contributed by atoms with van der Waals surface area (Å²) in [6, 6.07) is 1.86. The van der Waals surface area contributed by atoms with E-state index in [1.165, 1.54) is 12.8 Å². The molecule has 0 aliphatic rings. The van der Waals surface area contributed by atoms with Gasteiger partial charge >= 0.3 is 0 Å². The predicted octanol–water partition coefficient (Wildman–Crippen LogP) is 3.15. The topological polar surface area (TPSA) is 45.5 Å². The van der Waals surface area contributed by atoms with Crippen molar-refractivity contribution in [3.63, 3.8) is 0 Å². The largest absolute Gasteiger partial charge is 0.503 e. The highest BCUT2D eigenvalue weighted by atomic mass is 16.3. The van der Waals surface area contributed by atoms with Crippen LogP contribution in [0.3, 0.4) is 0 Å². The van der Waals surface area contributed by atoms with Crippen LogP contribution in [0, 0.1) is 0 Å². The minimum atomic E-state index is -0.286. The average Bonchev–Trinajstić information content (AvgIpc) is 2.45. The zero-order valence-corrected chi connectivity index (χ0v) is 13.2. The summed E-state index contributed by atoms with van der Waals surface area (Å²) in [6.07, 6.45) is 4.89. The van der Waals surface area contributed by atoms with E-state index in [-0.39, 0.29) is 17.2 Å². The van der Waals surface area contributed by atoms with Crippen molar-refractivity contribution >= 4 is 0 Å². The molecule has 4 heteroatoms. The van der Waals surface area contributed by atoms with E-state index < -0.39 is 0 Å². The number of aromatic hydroxyl groups is 1. The molecule has 0 amide bonds. The molecule has 0 aromatic carbocycles. The predicted molar refractivity (Wildman–Crippen MR) is 83.2 cm³/mol. The third kappa shape index (κ3) is 4.37. The fourth-order valence-electron chi connectivity index (χ4n) is 2.27. The van der Waals surface area contributed by atoms with Gasteiger partial charge in [-0.15, -0.1) is 0 Å². The monoisotopic (exact) mass is 280 g/mol. The van der Waals surface area contributed by atoms with Crippen LogP contribution in [-0.4, -0.2) is 27.7 Å². The minimum absolute atomic E-state index is 0.161. The molecule has 1 N–H and O–H groups in total. The standard InChI is InChI=1S/C16H28N2O2/c1-5-8-9-17(7-3)11-14-10-15(19)16(20)12-18(14)13(4)6-2/h10,12-13,20H,5-9,11H2,1-4H3. The number of pyridine rings is 1. The Labute approximate surface area is 122 Å². The normalized spacial score (nSPS) is 12.8. The molecular weight excluding hydrogens is 252 g/mol. The Morgan fingerprint density at radius 3 is 2.60 bits per heavy atom. The molecule has 114 valence electrons. The van der Waals surface area contributed by atoms with E-state index in [0.717, 1.165) is 31.7 Å². The molecule has 4 nitrogen and oxygen atoms in total. The Kier molecular flexibility index (Phi) is 6.79. The van der Waals surface area contributed by atoms with Gasteiger partial charge in [0.15, 0.2) is 5.75 Å². The fourth-order valence-corrected chi connectivity index (χ4v) is 2.27. The molecule has 0 radical (unpaired) electrons. The minimum Gasteiger partial charge on any atom is -0.503 e. The molecule has 0 fully saturated rings. The van der Waals surface area contributed by atoms with Crippen molar-refractivity contribution in [2.45, 2.75) is 59.5 Å². The summed E-state index contributed by atoms with van der Waals surface area (Å²) >= 11 is 0. The summed E-state index contributed by atoms with van der Waals surface area (Å²) in [6.45, 7) is 11.3. The molecule has 0 saturated heterocycles. The lowest BCUT2D eigenvalue weighted by Crippen LogP contribution is -2.27. The molecule has 1 unspecified atom stereocenters. The zero-order chi connectivity index (χ0) is 15.1. The molecule has 1 rings (SSSR count). The summed E-state index contributed by atoms with van der Waals surface area (Å²) in [7, 11) is 0. The quantitative estimate of drug-likeness (QED) is 0.795. The van der Waals surface area contributed by atoms with Crippen molar-refractivity contribution in [3.8, 4) is 5.75 Å². The van der Waals surface area contributed by atoms with Crippen molar-refractivity contribution in [2.75, 3.05) is 13.1 Å². The summed E-state index contributed by atoms with van der Waals surface area (Å²) in [4.78, 5) is 14.0. The van der Waals surface area contributed by atoms with Gasteiger partial charge in [0, 0.05) is 24.3 Å². The maximum absolute atomic E-state index is 11.7. The fraction of sp³-hybridized carbons (Fsp3) is 0.688. The molecule has 1 aromatic heterocycles. The second-order valence-electron chi connectivity index (χ2n) is 5.40. The first-order valence-electron chi connectivity index (χ1n) is 7.69. The van der Waals surface area contributed by atoms with E-state index in [4.69, 9.17) is 0 Å². The summed E-state index contributed by atoms with van der Waals surface area (Å²) in [5.74, 6) is -0.161. The SMILES string of the molecule is CCCCN(CC)Cc1cc(=O)c(O)cn1C(C)CC. The zero-order valence-electron chi connectivity index (χ0n) is 13.2. The van der Waals surface area contributed by atoms with Gasteiger partial charge < -0.3 is 9.67 Å². The van der Waals surface area contributed by atoms with Crippen LogP contribution in [0.25, 0.3) is 0 Å². The maximum atomic E-state index is 11.7. The lowest BCUT2D eigenvalue weighted by atomic mass is 10.2. The third-order valence-corrected chi connectivity index (χ3v) is 3.87. The van der Waals surface area contributed by atoms with Gasteiger partial charge in [-0.1, -0.05) is 27.2 Å². The summed E-state index contributed by atoms with van der Waals surface area (Å²) in [5, 5.41) is 9.65. The molecule has 0 bridgehead atoms. The molecule has 0 saturated carbocycles. The summed E-state index contributed by atoms with van der Waals surface area (Å²) in [5.41, 5.74) is 0.700. The molecule has 0 spiro atoms. The third-order valence-electron chi connectivity index (χ3n) is 3.87. The average molecular weight is 280 g/mol. The second kappa shape index (κ2) is 8.10. The van der Waals surface area contributed by atoms with E-state index in [1.54, 1.807) is 12.3 Å². The lowest BCUT2D eigenvalue weighted by molar-refractivity contribution is 0.263. The molecule has 0 aliphatic carbocycles. The van der Waals surface area contributed by atoms with Gasteiger partial charge in [-0.2, -0.15) is 0 Å². The van der Waals surface area contributed by atoms with Crippen LogP contribution in [0.2, 0.25) is 0 Å². The van der Waals surface area contributed by atoms with Crippen molar-refractivity contribution in [1.82, 2.24) is 9.47 Å². The Morgan fingerprint density at radius 2 is 2.05 bits per heavy atom. The van der Waals surface area contributed by atoms with Gasteiger partial charge in [0.05, 0.1) is 6.20 Å². The van der Waals surface area contributed by atoms with Crippen LogP contribution in [0.1, 0.15) is 58.7 Å². The van der Waals surface area contributed by atoms with E-state index >= 15 is 0 Å². The molecule has 1 aromatic rings. The van der Waals surface area contributed by atoms with Crippen LogP contribution in [-0.2, 0) is 6.54 Å². The number of nitrogens with zero attached hydrogens (tertiary/aromatic N) is 2. The number of unbranched alkanes of at least 4 members (excludes halogenated alkanes) is 1. The van der Waals surface area contributed by atoms with Gasteiger partial charge in [-0.3, -0.25) is 9.69 Å². The van der Waals surface area contributed by atoms with Gasteiger partial charge in [0.2, 0.25) is 5.43 Å². The lowest BCUT2D eigenvalue weighted by Gasteiger charge is -2.25. The highest BCUT2D eigenvalue weighted by Crippen LogP contribution is 2.17. The highest BCUT2D eigenvalue weighted by molar-refractivity contribution is 5.21. The van der Waals surface area contributed by atoms with Crippen LogP contribution in [0.5, 0.6) is 5.75 Å². The number of rotatable bonds is 8. The van der Waals surface area contributed by atoms with Crippen molar-refractivity contribution in [3.05, 3.63) is 28.2 Å². The number of aromatic nitrogens is 1. The molecular formula is C16H28N2O2. The van der Waals surface area contributed by atoms with Gasteiger partial charge in [0.1, 0.15) is 0 Å². The van der Waals surface area contributed by atoms with Crippen molar-refractivity contribution in [2.24, 2.45) is 0 Å². The number of hydrogen-bond acceptors (Lipinski definition) is 3. The van der Waals surface area contributed by atoms with E-state index in [1.807, 2.05) is 4.57 Å². The first-order valence-corrected chi connectivity index (χ1v) is 7.69. The maximum Gasteiger partial charge on any atom is 0.223 e. The van der Waals surface area contributed by atoms with Gasteiger partial charge in [-0.05, 0) is 32.9 Å². The van der Waals surface area contributed by atoms with Gasteiger partial charge in [0.25, 0.3) is 0 Å². The number of hydrogen-bond donors (Lipinski definition) is 1. The molecule has 1 atom stereocenters. The molecule has 1 heterocycles. The van der Waals surface area contributed by atoms with Crippen LogP contribution in [0.15, 0.2) is 17.1 Å². The van der Waals surface area contributed by atoms with Gasteiger partial charge in [-0.25, -0.2) is 0 Å². The van der Waals surface area contributed by atoms with Crippen LogP contribution in [0.4, 0.5) is 0 Å². The smallest absolute Gasteiger partial charge is 0.223 e. The van der Waals surface area contributed by atoms with E-state index in [0.29, 0.717) is 0 Å². The summed E-state index contributed by atoms with van der Waals surface area (Å²) < 4.78 is 2.03. The Balaban J connectivity index is 3.02. The van der Waals surface area contributed by atoms with Crippen molar-refractivity contribution in [1.29, 1.82) is 0 Å². The van der Waals surface area contributed by atoms with Crippen molar-refractivity contribution < 1.29 is 5.11 Å². The highest BCUT2D eigenvalue weighted by Gasteiger charge is 2.13. The molecule has 0 aliphatic heterocycles. The van der Waals surface area contributed by atoms with E-state index in [2.05, 4.69) is 32.6 Å². The molecule has 20 heavy (non-hydrogen) atoms. The Hall–Kier alpha value is -1.29. The Bertz CT molecular complexity index is 468. The second-order valence-corrected chi connectivity index (χ2v) is 5.40. The van der Waals surface area contributed by atoms with Crippen LogP contribution < -0.4 is 5.43 Å². The van der Waals surface area contributed by atoms with Crippen LogP contribution >= 0.6 is 0 Å². The Morgan fingerprint density at radius 1 is 1.35 bits per heavy atom. The first kappa shape index (κ1) is 16.8. The first-order chi connectivity index (χ1) is 9.53. The van der Waals surface area contributed by atoms with E-state index in [9.17, 15) is 9.90 Å².